The Morgan fingerprint density at radius 2 is 2.38 bits per heavy atom. The second-order valence-corrected chi connectivity index (χ2v) is 5.07. The highest BCUT2D eigenvalue weighted by Crippen LogP contribution is 2.32. The SMILES string of the molecule is CCC1(CCc2cccs2)CNC1. The smallest absolute Gasteiger partial charge is 0.00454 e. The van der Waals surface area contributed by atoms with Gasteiger partial charge in [-0.15, -0.1) is 11.3 Å². The molecule has 0 radical (unpaired) electrons. The van der Waals surface area contributed by atoms with Gasteiger partial charge in [0.1, 0.15) is 0 Å². The van der Waals surface area contributed by atoms with E-state index in [-0.39, 0.29) is 0 Å². The first-order chi connectivity index (χ1) is 6.35. The average molecular weight is 195 g/mol. The molecule has 2 heterocycles. The number of hydrogen-bond acceptors (Lipinski definition) is 2. The Labute approximate surface area is 84.2 Å². The van der Waals surface area contributed by atoms with Gasteiger partial charge < -0.3 is 5.32 Å². The van der Waals surface area contributed by atoms with Crippen molar-refractivity contribution in [1.82, 2.24) is 5.32 Å². The van der Waals surface area contributed by atoms with Crippen LogP contribution in [0.4, 0.5) is 0 Å². The molecule has 1 nitrogen and oxygen atoms in total. The summed E-state index contributed by atoms with van der Waals surface area (Å²) in [6.45, 7) is 4.78. The van der Waals surface area contributed by atoms with Crippen LogP contribution in [0.2, 0.25) is 0 Å². The Hall–Kier alpha value is -0.340. The minimum Gasteiger partial charge on any atom is -0.316 e. The molecule has 1 fully saturated rings. The van der Waals surface area contributed by atoms with Crippen LogP contribution in [0.1, 0.15) is 24.6 Å². The Balaban J connectivity index is 1.84. The molecule has 0 amide bonds. The molecule has 1 aromatic rings. The molecule has 72 valence electrons. The van der Waals surface area contributed by atoms with Crippen LogP contribution in [0.5, 0.6) is 0 Å². The van der Waals surface area contributed by atoms with Gasteiger partial charge in [0.05, 0.1) is 0 Å². The van der Waals surface area contributed by atoms with Crippen LogP contribution in [0.3, 0.4) is 0 Å². The van der Waals surface area contributed by atoms with Gasteiger partial charge in [-0.1, -0.05) is 13.0 Å². The monoisotopic (exact) mass is 195 g/mol. The summed E-state index contributed by atoms with van der Waals surface area (Å²) in [4.78, 5) is 1.54. The van der Waals surface area contributed by atoms with Gasteiger partial charge in [-0.2, -0.15) is 0 Å². The molecule has 0 aromatic carbocycles. The van der Waals surface area contributed by atoms with Gasteiger partial charge >= 0.3 is 0 Å². The molecule has 0 atom stereocenters. The van der Waals surface area contributed by atoms with Crippen molar-refractivity contribution in [1.29, 1.82) is 0 Å². The van der Waals surface area contributed by atoms with Crippen molar-refractivity contribution in [3.05, 3.63) is 22.4 Å². The lowest BCUT2D eigenvalue weighted by atomic mass is 9.75. The van der Waals surface area contributed by atoms with E-state index in [2.05, 4.69) is 29.8 Å². The number of aryl methyl sites for hydroxylation is 1. The largest absolute Gasteiger partial charge is 0.316 e. The van der Waals surface area contributed by atoms with Crippen molar-refractivity contribution in [2.75, 3.05) is 13.1 Å². The fourth-order valence-corrected chi connectivity index (χ4v) is 2.63. The van der Waals surface area contributed by atoms with E-state index in [1.165, 1.54) is 32.4 Å². The van der Waals surface area contributed by atoms with Gasteiger partial charge in [0.25, 0.3) is 0 Å². The Morgan fingerprint density at radius 1 is 1.54 bits per heavy atom. The highest BCUT2D eigenvalue weighted by molar-refractivity contribution is 7.09. The second kappa shape index (κ2) is 3.81. The van der Waals surface area contributed by atoms with E-state index in [9.17, 15) is 0 Å². The maximum absolute atomic E-state index is 3.39. The van der Waals surface area contributed by atoms with Crippen molar-refractivity contribution in [2.24, 2.45) is 5.41 Å². The normalized spacial score (nSPS) is 19.8. The van der Waals surface area contributed by atoms with Gasteiger partial charge in [-0.3, -0.25) is 0 Å². The van der Waals surface area contributed by atoms with Gasteiger partial charge in [-0.25, -0.2) is 0 Å². The molecule has 1 saturated heterocycles. The minimum atomic E-state index is 0.629. The Morgan fingerprint density at radius 3 is 2.85 bits per heavy atom. The highest BCUT2D eigenvalue weighted by Gasteiger charge is 2.34. The maximum Gasteiger partial charge on any atom is 0.00454 e. The first kappa shape index (κ1) is 9.22. The van der Waals surface area contributed by atoms with Crippen molar-refractivity contribution in [2.45, 2.75) is 26.2 Å². The highest BCUT2D eigenvalue weighted by atomic mass is 32.1. The third-order valence-electron chi connectivity index (χ3n) is 3.23. The number of thiophene rings is 1. The third kappa shape index (κ3) is 1.94. The zero-order valence-electron chi connectivity index (χ0n) is 8.18. The quantitative estimate of drug-likeness (QED) is 0.779. The molecule has 0 bridgehead atoms. The predicted octanol–water partition coefficient (Wildman–Crippen LogP) is 2.68. The molecular weight excluding hydrogens is 178 g/mol. The molecule has 2 heteroatoms. The fraction of sp³-hybridized carbons (Fsp3) is 0.636. The first-order valence-corrected chi connectivity index (χ1v) is 5.96. The van der Waals surface area contributed by atoms with E-state index < -0.39 is 0 Å². The molecule has 0 spiro atoms. The molecule has 1 N–H and O–H groups in total. The molecule has 1 aliphatic rings. The zero-order valence-corrected chi connectivity index (χ0v) is 8.99. The molecule has 0 aliphatic carbocycles. The van der Waals surface area contributed by atoms with Gasteiger partial charge in [0.2, 0.25) is 0 Å². The number of hydrogen-bond donors (Lipinski definition) is 1. The number of rotatable bonds is 4. The van der Waals surface area contributed by atoms with Crippen molar-refractivity contribution in [3.8, 4) is 0 Å². The lowest BCUT2D eigenvalue weighted by Crippen LogP contribution is -2.53. The molecule has 13 heavy (non-hydrogen) atoms. The third-order valence-corrected chi connectivity index (χ3v) is 4.17. The van der Waals surface area contributed by atoms with Gasteiger partial charge in [-0.05, 0) is 36.1 Å². The van der Waals surface area contributed by atoms with Crippen LogP contribution in [-0.4, -0.2) is 13.1 Å². The van der Waals surface area contributed by atoms with E-state index >= 15 is 0 Å². The maximum atomic E-state index is 3.39. The summed E-state index contributed by atoms with van der Waals surface area (Å²) in [7, 11) is 0. The lowest BCUT2D eigenvalue weighted by molar-refractivity contribution is 0.147. The Kier molecular flexibility index (Phi) is 2.70. The van der Waals surface area contributed by atoms with Crippen LogP contribution in [-0.2, 0) is 6.42 Å². The predicted molar refractivity (Wildman–Crippen MR) is 58.2 cm³/mol. The van der Waals surface area contributed by atoms with E-state index in [1.54, 1.807) is 4.88 Å². The van der Waals surface area contributed by atoms with Crippen LogP contribution in [0, 0.1) is 5.41 Å². The first-order valence-electron chi connectivity index (χ1n) is 5.08. The summed E-state index contributed by atoms with van der Waals surface area (Å²) in [5, 5.41) is 5.56. The van der Waals surface area contributed by atoms with Crippen molar-refractivity contribution in [3.63, 3.8) is 0 Å². The van der Waals surface area contributed by atoms with E-state index in [0.717, 1.165) is 0 Å². The zero-order chi connectivity index (χ0) is 9.15. The summed E-state index contributed by atoms with van der Waals surface area (Å²) >= 11 is 1.89. The lowest BCUT2D eigenvalue weighted by Gasteiger charge is -2.42. The van der Waals surface area contributed by atoms with Crippen LogP contribution >= 0.6 is 11.3 Å². The Bertz CT molecular complexity index is 244. The number of nitrogens with one attached hydrogen (secondary N) is 1. The molecule has 0 saturated carbocycles. The van der Waals surface area contributed by atoms with Crippen LogP contribution in [0.25, 0.3) is 0 Å². The van der Waals surface area contributed by atoms with Gasteiger partial charge in [0, 0.05) is 18.0 Å². The average Bonchev–Trinajstić information content (AvgIpc) is 2.56. The van der Waals surface area contributed by atoms with E-state index in [0.29, 0.717) is 5.41 Å². The topological polar surface area (TPSA) is 12.0 Å². The van der Waals surface area contributed by atoms with Crippen LogP contribution < -0.4 is 5.32 Å². The van der Waals surface area contributed by atoms with E-state index in [4.69, 9.17) is 0 Å². The molecule has 0 unspecified atom stereocenters. The second-order valence-electron chi connectivity index (χ2n) is 4.04. The van der Waals surface area contributed by atoms with Crippen molar-refractivity contribution < 1.29 is 0 Å². The summed E-state index contributed by atoms with van der Waals surface area (Å²) in [6, 6.07) is 4.40. The minimum absolute atomic E-state index is 0.629. The van der Waals surface area contributed by atoms with Crippen molar-refractivity contribution >= 4 is 11.3 Å². The molecule has 2 rings (SSSR count). The van der Waals surface area contributed by atoms with Crippen LogP contribution in [0.15, 0.2) is 17.5 Å². The molecular formula is C11H17NS. The summed E-state index contributed by atoms with van der Waals surface area (Å²) in [6.07, 6.45) is 3.95. The summed E-state index contributed by atoms with van der Waals surface area (Å²) in [5.74, 6) is 0. The summed E-state index contributed by atoms with van der Waals surface area (Å²) in [5.41, 5.74) is 0.629. The van der Waals surface area contributed by atoms with Gasteiger partial charge in [0.15, 0.2) is 0 Å². The molecule has 1 aromatic heterocycles. The summed E-state index contributed by atoms with van der Waals surface area (Å²) < 4.78 is 0. The van der Waals surface area contributed by atoms with E-state index in [1.807, 2.05) is 11.3 Å². The molecule has 1 aliphatic heterocycles. The standard InChI is InChI=1S/C11H17NS/c1-2-11(8-12-9-11)6-5-10-4-3-7-13-10/h3-4,7,12H,2,5-6,8-9H2,1H3. The fourth-order valence-electron chi connectivity index (χ4n) is 1.93.